The Morgan fingerprint density at radius 1 is 1.46 bits per heavy atom. The number of aliphatic hydroxyl groups is 1. The monoisotopic (exact) mass is 179 g/mol. The third-order valence-electron chi connectivity index (χ3n) is 2.23. The van der Waals surface area contributed by atoms with Gasteiger partial charge in [0.1, 0.15) is 0 Å². The van der Waals surface area contributed by atoms with Gasteiger partial charge in [-0.3, -0.25) is 4.98 Å². The van der Waals surface area contributed by atoms with Crippen molar-refractivity contribution in [2.75, 3.05) is 0 Å². The predicted octanol–water partition coefficient (Wildman–Crippen LogP) is 2.18. The molecule has 13 heavy (non-hydrogen) atoms. The molecule has 0 aliphatic rings. The number of hydrogen-bond donors (Lipinski definition) is 1. The number of nitrogens with zero attached hydrogens (tertiary/aromatic N) is 1. The van der Waals surface area contributed by atoms with Crippen LogP contribution in [0.2, 0.25) is 0 Å². The summed E-state index contributed by atoms with van der Waals surface area (Å²) in [7, 11) is 0. The van der Waals surface area contributed by atoms with Gasteiger partial charge in [-0.05, 0) is 38.8 Å². The van der Waals surface area contributed by atoms with E-state index in [9.17, 15) is 5.11 Å². The summed E-state index contributed by atoms with van der Waals surface area (Å²) in [6.45, 7) is 7.66. The lowest BCUT2D eigenvalue weighted by Gasteiger charge is -2.18. The Labute approximate surface area is 79.6 Å². The molecule has 0 aliphatic carbocycles. The highest BCUT2D eigenvalue weighted by Gasteiger charge is 2.16. The molecule has 0 saturated carbocycles. The average molecular weight is 179 g/mol. The highest BCUT2D eigenvalue weighted by atomic mass is 16.3. The first-order valence-electron chi connectivity index (χ1n) is 4.63. The molecule has 0 aromatic carbocycles. The molecule has 0 aliphatic heterocycles. The van der Waals surface area contributed by atoms with Gasteiger partial charge >= 0.3 is 0 Å². The molecule has 0 fully saturated rings. The zero-order valence-corrected chi connectivity index (χ0v) is 8.76. The lowest BCUT2D eigenvalue weighted by Crippen LogP contribution is -2.16. The van der Waals surface area contributed by atoms with Gasteiger partial charge in [-0.1, -0.05) is 6.92 Å². The van der Waals surface area contributed by atoms with Crippen LogP contribution in [0.25, 0.3) is 0 Å². The predicted molar refractivity (Wildman–Crippen MR) is 53.6 cm³/mol. The Kier molecular flexibility index (Phi) is 2.71. The van der Waals surface area contributed by atoms with Crippen LogP contribution in [0.15, 0.2) is 12.3 Å². The fraction of sp³-hybridized carbons (Fsp3) is 0.545. The van der Waals surface area contributed by atoms with Crippen LogP contribution in [0.1, 0.15) is 37.6 Å². The molecule has 0 atom stereocenters. The van der Waals surface area contributed by atoms with Crippen LogP contribution in [0, 0.1) is 6.92 Å². The summed E-state index contributed by atoms with van der Waals surface area (Å²) in [5.41, 5.74) is 2.35. The minimum absolute atomic E-state index is 0.788. The molecule has 0 saturated heterocycles. The molecule has 72 valence electrons. The number of aromatic nitrogens is 1. The molecular formula is C11H17NO. The van der Waals surface area contributed by atoms with Crippen LogP contribution in [-0.2, 0) is 12.0 Å². The van der Waals surface area contributed by atoms with Gasteiger partial charge in [0.05, 0.1) is 5.60 Å². The summed E-state index contributed by atoms with van der Waals surface area (Å²) >= 11 is 0. The van der Waals surface area contributed by atoms with Gasteiger partial charge < -0.3 is 5.11 Å². The molecular weight excluding hydrogens is 162 g/mol. The van der Waals surface area contributed by atoms with Crippen molar-refractivity contribution in [2.45, 2.75) is 39.7 Å². The van der Waals surface area contributed by atoms with Crippen molar-refractivity contribution in [3.63, 3.8) is 0 Å². The van der Waals surface area contributed by atoms with Crippen LogP contribution in [0.4, 0.5) is 0 Å². The SMILES string of the molecule is CCc1ncc(C(C)(C)O)cc1C. The zero-order chi connectivity index (χ0) is 10.1. The minimum atomic E-state index is -0.788. The maximum absolute atomic E-state index is 9.74. The second kappa shape index (κ2) is 3.46. The van der Waals surface area contributed by atoms with Crippen molar-refractivity contribution in [1.82, 2.24) is 4.98 Å². The van der Waals surface area contributed by atoms with Crippen molar-refractivity contribution in [3.05, 3.63) is 29.1 Å². The van der Waals surface area contributed by atoms with E-state index in [0.717, 1.165) is 23.2 Å². The van der Waals surface area contributed by atoms with E-state index >= 15 is 0 Å². The van der Waals surface area contributed by atoms with Crippen LogP contribution < -0.4 is 0 Å². The second-order valence-electron chi connectivity index (χ2n) is 3.90. The lowest BCUT2D eigenvalue weighted by atomic mass is 9.98. The molecule has 0 amide bonds. The molecule has 1 rings (SSSR count). The summed E-state index contributed by atoms with van der Waals surface area (Å²) in [6.07, 6.45) is 2.70. The third-order valence-corrected chi connectivity index (χ3v) is 2.23. The summed E-state index contributed by atoms with van der Waals surface area (Å²) in [5, 5.41) is 9.74. The van der Waals surface area contributed by atoms with Gasteiger partial charge in [-0.2, -0.15) is 0 Å². The standard InChI is InChI=1S/C11H17NO/c1-5-10-8(2)6-9(7-12-10)11(3,4)13/h6-7,13H,5H2,1-4H3. The highest BCUT2D eigenvalue weighted by molar-refractivity contribution is 5.27. The third kappa shape index (κ3) is 2.28. The Bertz CT molecular complexity index is 299. The van der Waals surface area contributed by atoms with E-state index in [0.29, 0.717) is 0 Å². The summed E-state index contributed by atoms with van der Waals surface area (Å²) < 4.78 is 0. The molecule has 1 N–H and O–H groups in total. The highest BCUT2D eigenvalue weighted by Crippen LogP contribution is 2.20. The van der Waals surface area contributed by atoms with E-state index in [2.05, 4.69) is 11.9 Å². The summed E-state index contributed by atoms with van der Waals surface area (Å²) in [6, 6.07) is 2.01. The van der Waals surface area contributed by atoms with Gasteiger partial charge in [-0.15, -0.1) is 0 Å². The fourth-order valence-corrected chi connectivity index (χ4v) is 1.31. The van der Waals surface area contributed by atoms with Gasteiger partial charge in [-0.25, -0.2) is 0 Å². The van der Waals surface area contributed by atoms with Crippen LogP contribution in [-0.4, -0.2) is 10.1 Å². The summed E-state index contributed by atoms with van der Waals surface area (Å²) in [4.78, 5) is 4.30. The van der Waals surface area contributed by atoms with Crippen LogP contribution in [0.3, 0.4) is 0 Å². The first kappa shape index (κ1) is 10.2. The number of rotatable bonds is 2. The smallest absolute Gasteiger partial charge is 0.0855 e. The van der Waals surface area contributed by atoms with E-state index in [-0.39, 0.29) is 0 Å². The number of aryl methyl sites for hydroxylation is 2. The average Bonchev–Trinajstić information content (AvgIpc) is 2.02. The van der Waals surface area contributed by atoms with Gasteiger partial charge in [0.25, 0.3) is 0 Å². The minimum Gasteiger partial charge on any atom is -0.386 e. The molecule has 1 aromatic rings. The molecule has 0 bridgehead atoms. The number of pyridine rings is 1. The first-order valence-corrected chi connectivity index (χ1v) is 4.63. The van der Waals surface area contributed by atoms with Crippen molar-refractivity contribution in [2.24, 2.45) is 0 Å². The van der Waals surface area contributed by atoms with Gasteiger partial charge in [0, 0.05) is 17.5 Å². The molecule has 0 spiro atoms. The van der Waals surface area contributed by atoms with Crippen molar-refractivity contribution in [3.8, 4) is 0 Å². The van der Waals surface area contributed by atoms with Crippen LogP contribution >= 0.6 is 0 Å². The Morgan fingerprint density at radius 3 is 2.46 bits per heavy atom. The van der Waals surface area contributed by atoms with Crippen molar-refractivity contribution in [1.29, 1.82) is 0 Å². The van der Waals surface area contributed by atoms with E-state index in [1.807, 2.05) is 13.0 Å². The largest absolute Gasteiger partial charge is 0.386 e. The second-order valence-corrected chi connectivity index (χ2v) is 3.90. The summed E-state index contributed by atoms with van der Waals surface area (Å²) in [5.74, 6) is 0. The Morgan fingerprint density at radius 2 is 2.08 bits per heavy atom. The van der Waals surface area contributed by atoms with E-state index < -0.39 is 5.60 Å². The quantitative estimate of drug-likeness (QED) is 0.754. The molecule has 0 radical (unpaired) electrons. The molecule has 1 aromatic heterocycles. The fourth-order valence-electron chi connectivity index (χ4n) is 1.31. The van der Waals surface area contributed by atoms with Crippen molar-refractivity contribution < 1.29 is 5.11 Å². The van der Waals surface area contributed by atoms with E-state index in [1.165, 1.54) is 0 Å². The maximum Gasteiger partial charge on any atom is 0.0855 e. The topological polar surface area (TPSA) is 33.1 Å². The molecule has 2 nitrogen and oxygen atoms in total. The van der Waals surface area contributed by atoms with Gasteiger partial charge in [0.2, 0.25) is 0 Å². The zero-order valence-electron chi connectivity index (χ0n) is 8.76. The van der Waals surface area contributed by atoms with Gasteiger partial charge in [0.15, 0.2) is 0 Å². The maximum atomic E-state index is 9.74. The normalized spacial score (nSPS) is 11.8. The lowest BCUT2D eigenvalue weighted by molar-refractivity contribution is 0.0781. The Balaban J connectivity index is 3.10. The molecule has 0 unspecified atom stereocenters. The van der Waals surface area contributed by atoms with Crippen LogP contribution in [0.5, 0.6) is 0 Å². The van der Waals surface area contributed by atoms with E-state index in [4.69, 9.17) is 0 Å². The van der Waals surface area contributed by atoms with Crippen molar-refractivity contribution >= 4 is 0 Å². The molecule has 1 heterocycles. The Hall–Kier alpha value is -0.890. The first-order chi connectivity index (χ1) is 5.95. The molecule has 2 heteroatoms. The van der Waals surface area contributed by atoms with E-state index in [1.54, 1.807) is 20.0 Å². The number of hydrogen-bond acceptors (Lipinski definition) is 2.